The maximum atomic E-state index is 12.4. The number of piperidine rings is 1. The molecule has 1 aromatic carbocycles. The summed E-state index contributed by atoms with van der Waals surface area (Å²) < 4.78 is 36.7. The molecular formula is C14H21NO4S. The molecule has 0 unspecified atom stereocenters. The number of methoxy groups -OCH3 is 1. The van der Waals surface area contributed by atoms with Crippen LogP contribution in [0.3, 0.4) is 0 Å². The molecule has 0 radical (unpaired) electrons. The average molecular weight is 299 g/mol. The third-order valence-corrected chi connectivity index (χ3v) is 5.25. The van der Waals surface area contributed by atoms with Gasteiger partial charge in [0.05, 0.1) is 11.5 Å². The summed E-state index contributed by atoms with van der Waals surface area (Å²) in [6.07, 6.45) is 2.99. The fraction of sp³-hybridized carbons (Fsp3) is 0.571. The van der Waals surface area contributed by atoms with Crippen molar-refractivity contribution in [1.29, 1.82) is 0 Å². The monoisotopic (exact) mass is 299 g/mol. The third-order valence-electron chi connectivity index (χ3n) is 3.33. The second kappa shape index (κ2) is 7.06. The van der Waals surface area contributed by atoms with Gasteiger partial charge in [-0.3, -0.25) is 0 Å². The third kappa shape index (κ3) is 3.71. The van der Waals surface area contributed by atoms with E-state index in [1.807, 2.05) is 0 Å². The topological polar surface area (TPSA) is 55.8 Å². The normalized spacial score (nSPS) is 17.1. The Morgan fingerprint density at radius 2 is 1.70 bits per heavy atom. The first-order valence-electron chi connectivity index (χ1n) is 6.86. The SMILES string of the molecule is COCCOc1ccc(S(=O)(=O)N2CCCCC2)cc1. The second-order valence-electron chi connectivity index (χ2n) is 4.78. The smallest absolute Gasteiger partial charge is 0.243 e. The first-order chi connectivity index (χ1) is 9.64. The van der Waals surface area contributed by atoms with Crippen molar-refractivity contribution in [1.82, 2.24) is 4.31 Å². The van der Waals surface area contributed by atoms with Gasteiger partial charge in [0, 0.05) is 20.2 Å². The van der Waals surface area contributed by atoms with Crippen LogP contribution in [-0.4, -0.2) is 46.1 Å². The molecule has 0 aromatic heterocycles. The van der Waals surface area contributed by atoms with Gasteiger partial charge in [-0.25, -0.2) is 8.42 Å². The van der Waals surface area contributed by atoms with Crippen molar-refractivity contribution in [2.45, 2.75) is 24.2 Å². The molecule has 1 aliphatic rings. The number of hydrogen-bond donors (Lipinski definition) is 0. The minimum absolute atomic E-state index is 0.332. The van der Waals surface area contributed by atoms with E-state index >= 15 is 0 Å². The molecule has 112 valence electrons. The van der Waals surface area contributed by atoms with Crippen molar-refractivity contribution in [3.8, 4) is 5.75 Å². The Hall–Kier alpha value is -1.11. The Bertz CT molecular complexity index is 506. The van der Waals surface area contributed by atoms with Crippen LogP contribution in [0, 0.1) is 0 Å². The largest absolute Gasteiger partial charge is 0.491 e. The zero-order valence-electron chi connectivity index (χ0n) is 11.7. The van der Waals surface area contributed by atoms with E-state index in [2.05, 4.69) is 0 Å². The number of sulfonamides is 1. The minimum atomic E-state index is -3.35. The van der Waals surface area contributed by atoms with Gasteiger partial charge in [0.15, 0.2) is 0 Å². The highest BCUT2D eigenvalue weighted by atomic mass is 32.2. The van der Waals surface area contributed by atoms with Crippen LogP contribution >= 0.6 is 0 Å². The van der Waals surface area contributed by atoms with Gasteiger partial charge in [-0.15, -0.1) is 0 Å². The molecule has 6 heteroatoms. The van der Waals surface area contributed by atoms with Crippen molar-refractivity contribution < 1.29 is 17.9 Å². The lowest BCUT2D eigenvalue weighted by atomic mass is 10.2. The van der Waals surface area contributed by atoms with E-state index in [1.165, 1.54) is 0 Å². The molecule has 2 rings (SSSR count). The van der Waals surface area contributed by atoms with E-state index in [0.717, 1.165) is 19.3 Å². The molecular weight excluding hydrogens is 278 g/mol. The average Bonchev–Trinajstić information content (AvgIpc) is 2.49. The minimum Gasteiger partial charge on any atom is -0.491 e. The Morgan fingerprint density at radius 1 is 1.05 bits per heavy atom. The zero-order valence-corrected chi connectivity index (χ0v) is 12.6. The molecule has 1 heterocycles. The van der Waals surface area contributed by atoms with Gasteiger partial charge in [0.25, 0.3) is 0 Å². The predicted octanol–water partition coefficient (Wildman–Crippen LogP) is 1.89. The first kappa shape index (κ1) is 15.3. The van der Waals surface area contributed by atoms with Gasteiger partial charge in [0.2, 0.25) is 10.0 Å². The Labute approximate surface area is 120 Å². The molecule has 0 amide bonds. The number of nitrogens with zero attached hydrogens (tertiary/aromatic N) is 1. The second-order valence-corrected chi connectivity index (χ2v) is 6.72. The fourth-order valence-electron chi connectivity index (χ4n) is 2.21. The molecule has 5 nitrogen and oxygen atoms in total. The lowest BCUT2D eigenvalue weighted by molar-refractivity contribution is 0.146. The van der Waals surface area contributed by atoms with Crippen molar-refractivity contribution in [3.05, 3.63) is 24.3 Å². The summed E-state index contributed by atoms with van der Waals surface area (Å²) in [7, 11) is -1.74. The summed E-state index contributed by atoms with van der Waals surface area (Å²) in [5, 5.41) is 0. The number of benzene rings is 1. The van der Waals surface area contributed by atoms with Crippen LogP contribution in [0.25, 0.3) is 0 Å². The van der Waals surface area contributed by atoms with E-state index in [0.29, 0.717) is 36.9 Å². The Morgan fingerprint density at radius 3 is 2.30 bits per heavy atom. The van der Waals surface area contributed by atoms with Gasteiger partial charge in [-0.1, -0.05) is 6.42 Å². The predicted molar refractivity (Wildman–Crippen MR) is 76.4 cm³/mol. The van der Waals surface area contributed by atoms with Crippen molar-refractivity contribution in [2.24, 2.45) is 0 Å². The van der Waals surface area contributed by atoms with E-state index in [9.17, 15) is 8.42 Å². The zero-order chi connectivity index (χ0) is 14.4. The molecule has 0 bridgehead atoms. The summed E-state index contributed by atoms with van der Waals surface area (Å²) in [6.45, 7) is 2.20. The highest BCUT2D eigenvalue weighted by Crippen LogP contribution is 2.22. The van der Waals surface area contributed by atoms with Crippen molar-refractivity contribution >= 4 is 10.0 Å². The van der Waals surface area contributed by atoms with Gasteiger partial charge < -0.3 is 9.47 Å². The summed E-state index contributed by atoms with van der Waals surface area (Å²) in [4.78, 5) is 0.332. The molecule has 0 aliphatic carbocycles. The molecule has 0 saturated carbocycles. The van der Waals surface area contributed by atoms with Crippen LogP contribution in [0.5, 0.6) is 5.75 Å². The molecule has 1 fully saturated rings. The lowest BCUT2D eigenvalue weighted by Gasteiger charge is -2.25. The van der Waals surface area contributed by atoms with E-state index < -0.39 is 10.0 Å². The Balaban J connectivity index is 2.04. The molecule has 1 aliphatic heterocycles. The van der Waals surface area contributed by atoms with Crippen LogP contribution < -0.4 is 4.74 Å². The summed E-state index contributed by atoms with van der Waals surface area (Å²) in [5.74, 6) is 0.652. The first-order valence-corrected chi connectivity index (χ1v) is 8.30. The van der Waals surface area contributed by atoms with Crippen LogP contribution in [0.2, 0.25) is 0 Å². The molecule has 20 heavy (non-hydrogen) atoms. The highest BCUT2D eigenvalue weighted by Gasteiger charge is 2.25. The van der Waals surface area contributed by atoms with Crippen molar-refractivity contribution in [2.75, 3.05) is 33.4 Å². The summed E-state index contributed by atoms with van der Waals surface area (Å²) in [6, 6.07) is 6.58. The van der Waals surface area contributed by atoms with Gasteiger partial charge >= 0.3 is 0 Å². The fourth-order valence-corrected chi connectivity index (χ4v) is 3.72. The van der Waals surface area contributed by atoms with E-state index in [1.54, 1.807) is 35.7 Å². The van der Waals surface area contributed by atoms with Crippen LogP contribution in [0.15, 0.2) is 29.2 Å². The highest BCUT2D eigenvalue weighted by molar-refractivity contribution is 7.89. The standard InChI is InChI=1S/C14H21NO4S/c1-18-11-12-19-13-5-7-14(8-6-13)20(16,17)15-9-3-2-4-10-15/h5-8H,2-4,9-12H2,1H3. The molecule has 1 aromatic rings. The van der Waals surface area contributed by atoms with Crippen LogP contribution in [0.4, 0.5) is 0 Å². The summed E-state index contributed by atoms with van der Waals surface area (Å²) >= 11 is 0. The quantitative estimate of drug-likeness (QED) is 0.753. The molecule has 0 N–H and O–H groups in total. The van der Waals surface area contributed by atoms with Crippen LogP contribution in [0.1, 0.15) is 19.3 Å². The summed E-state index contributed by atoms with van der Waals surface area (Å²) in [5.41, 5.74) is 0. The Kier molecular flexibility index (Phi) is 5.39. The maximum absolute atomic E-state index is 12.4. The molecule has 0 spiro atoms. The van der Waals surface area contributed by atoms with Gasteiger partial charge in [-0.05, 0) is 37.1 Å². The number of ether oxygens (including phenoxy) is 2. The van der Waals surface area contributed by atoms with Gasteiger partial charge in [0.1, 0.15) is 12.4 Å². The van der Waals surface area contributed by atoms with E-state index in [-0.39, 0.29) is 0 Å². The maximum Gasteiger partial charge on any atom is 0.243 e. The number of hydrogen-bond acceptors (Lipinski definition) is 4. The lowest BCUT2D eigenvalue weighted by Crippen LogP contribution is -2.35. The van der Waals surface area contributed by atoms with Crippen molar-refractivity contribution in [3.63, 3.8) is 0 Å². The van der Waals surface area contributed by atoms with Crippen LogP contribution in [-0.2, 0) is 14.8 Å². The molecule has 1 saturated heterocycles. The van der Waals surface area contributed by atoms with E-state index in [4.69, 9.17) is 9.47 Å². The molecule has 0 atom stereocenters. The van der Waals surface area contributed by atoms with Gasteiger partial charge in [-0.2, -0.15) is 4.31 Å². The number of rotatable bonds is 6.